The Morgan fingerprint density at radius 3 is 2.11 bits per heavy atom. The normalized spacial score (nSPS) is 39.7. The number of methoxy groups -OCH3 is 1. The van der Waals surface area contributed by atoms with Crippen molar-refractivity contribution in [2.45, 2.75) is 64.7 Å². The van der Waals surface area contributed by atoms with E-state index in [0.717, 1.165) is 30.6 Å². The Morgan fingerprint density at radius 1 is 1.05 bits per heavy atom. The maximum Gasteiger partial charge on any atom is 0.0807 e. The van der Waals surface area contributed by atoms with Gasteiger partial charge in [-0.1, -0.05) is 26.2 Å². The number of hydrogen-bond donors (Lipinski definition) is 0. The second-order valence-electron chi connectivity index (χ2n) is 6.85. The van der Waals surface area contributed by atoms with Crippen LogP contribution < -0.4 is 0 Å². The third kappa shape index (κ3) is 3.51. The van der Waals surface area contributed by atoms with Crippen molar-refractivity contribution in [1.82, 2.24) is 0 Å². The third-order valence-corrected chi connectivity index (χ3v) is 5.78. The second kappa shape index (κ2) is 6.75. The van der Waals surface area contributed by atoms with Crippen molar-refractivity contribution < 1.29 is 4.74 Å². The van der Waals surface area contributed by atoms with E-state index in [0.29, 0.717) is 6.61 Å². The summed E-state index contributed by atoms with van der Waals surface area (Å²) in [4.78, 5) is 0. The Kier molecular flexibility index (Phi) is 5.28. The van der Waals surface area contributed by atoms with Gasteiger partial charge in [-0.3, -0.25) is 0 Å². The number of rotatable bonds is 4. The van der Waals surface area contributed by atoms with Gasteiger partial charge in [0, 0.05) is 7.11 Å². The van der Waals surface area contributed by atoms with Gasteiger partial charge in [0.2, 0.25) is 0 Å². The van der Waals surface area contributed by atoms with Crippen molar-refractivity contribution in [1.29, 1.82) is 5.26 Å². The van der Waals surface area contributed by atoms with Crippen molar-refractivity contribution in [2.24, 2.45) is 23.2 Å². The van der Waals surface area contributed by atoms with Gasteiger partial charge in [-0.15, -0.1) is 0 Å². The molecule has 0 atom stereocenters. The SMILES string of the molecule is CCC1CCC([C@H]2CC[C@](C#N)(COC)CC2)CC1. The van der Waals surface area contributed by atoms with E-state index < -0.39 is 0 Å². The lowest BCUT2D eigenvalue weighted by molar-refractivity contribution is 0.0558. The summed E-state index contributed by atoms with van der Waals surface area (Å²) >= 11 is 0. The highest BCUT2D eigenvalue weighted by molar-refractivity contribution is 5.02. The number of nitrogens with zero attached hydrogens (tertiary/aromatic N) is 1. The maximum absolute atomic E-state index is 9.41. The van der Waals surface area contributed by atoms with E-state index in [9.17, 15) is 5.26 Å². The standard InChI is InChI=1S/C17H29NO/c1-3-14-4-6-15(7-5-14)16-8-10-17(12-18,11-9-16)13-19-2/h14-16H,3-11,13H2,1-2H3/t14?,15?,16-,17-. The van der Waals surface area contributed by atoms with Gasteiger partial charge in [-0.2, -0.15) is 5.26 Å². The van der Waals surface area contributed by atoms with E-state index in [2.05, 4.69) is 13.0 Å². The molecule has 2 fully saturated rings. The molecule has 2 aliphatic rings. The van der Waals surface area contributed by atoms with Crippen LogP contribution in [0.1, 0.15) is 64.7 Å². The Hall–Kier alpha value is -0.550. The molecule has 0 spiro atoms. The van der Waals surface area contributed by atoms with E-state index in [4.69, 9.17) is 4.74 Å². The van der Waals surface area contributed by atoms with Crippen LogP contribution in [0.15, 0.2) is 0 Å². The van der Waals surface area contributed by atoms with Crippen LogP contribution in [-0.4, -0.2) is 13.7 Å². The van der Waals surface area contributed by atoms with Gasteiger partial charge in [-0.05, 0) is 56.3 Å². The quantitative estimate of drug-likeness (QED) is 0.745. The molecular weight excluding hydrogens is 234 g/mol. The Balaban J connectivity index is 1.82. The minimum Gasteiger partial charge on any atom is -0.383 e. The molecule has 0 radical (unpaired) electrons. The van der Waals surface area contributed by atoms with E-state index in [1.54, 1.807) is 7.11 Å². The topological polar surface area (TPSA) is 33.0 Å². The van der Waals surface area contributed by atoms with Crippen molar-refractivity contribution in [3.05, 3.63) is 0 Å². The Labute approximate surface area is 118 Å². The summed E-state index contributed by atoms with van der Waals surface area (Å²) in [5, 5.41) is 9.41. The zero-order chi connectivity index (χ0) is 13.7. The number of ether oxygens (including phenoxy) is 1. The smallest absolute Gasteiger partial charge is 0.0807 e. The summed E-state index contributed by atoms with van der Waals surface area (Å²) in [6, 6.07) is 2.53. The molecular formula is C17H29NO. The average molecular weight is 263 g/mol. The molecule has 0 saturated heterocycles. The van der Waals surface area contributed by atoms with Crippen LogP contribution in [0.5, 0.6) is 0 Å². The summed E-state index contributed by atoms with van der Waals surface area (Å²) in [7, 11) is 1.72. The molecule has 2 nitrogen and oxygen atoms in total. The fourth-order valence-electron chi connectivity index (χ4n) is 4.30. The van der Waals surface area contributed by atoms with Crippen LogP contribution in [0.3, 0.4) is 0 Å². The molecule has 0 aliphatic heterocycles. The van der Waals surface area contributed by atoms with Crippen molar-refractivity contribution in [2.75, 3.05) is 13.7 Å². The van der Waals surface area contributed by atoms with Crippen LogP contribution >= 0.6 is 0 Å². The lowest BCUT2D eigenvalue weighted by Gasteiger charge is -2.40. The molecule has 0 amide bonds. The molecule has 108 valence electrons. The van der Waals surface area contributed by atoms with Gasteiger partial charge in [0.25, 0.3) is 0 Å². The highest BCUT2D eigenvalue weighted by atomic mass is 16.5. The van der Waals surface area contributed by atoms with E-state index >= 15 is 0 Å². The Bertz CT molecular complexity index is 304. The molecule has 2 saturated carbocycles. The highest BCUT2D eigenvalue weighted by Crippen LogP contribution is 2.45. The van der Waals surface area contributed by atoms with E-state index in [1.807, 2.05) is 0 Å². The molecule has 0 aromatic carbocycles. The fourth-order valence-corrected chi connectivity index (χ4v) is 4.30. The van der Waals surface area contributed by atoms with Crippen LogP contribution in [0.2, 0.25) is 0 Å². The predicted octanol–water partition coefficient (Wildman–Crippen LogP) is 4.55. The van der Waals surface area contributed by atoms with E-state index in [1.165, 1.54) is 44.9 Å². The summed E-state index contributed by atoms with van der Waals surface area (Å²) in [6.07, 6.45) is 11.7. The lowest BCUT2D eigenvalue weighted by atomic mass is 9.65. The first-order valence-corrected chi connectivity index (χ1v) is 8.13. The molecule has 2 heteroatoms. The van der Waals surface area contributed by atoms with Crippen molar-refractivity contribution in [3.8, 4) is 6.07 Å². The fraction of sp³-hybridized carbons (Fsp3) is 0.941. The summed E-state index contributed by atoms with van der Waals surface area (Å²) in [5.41, 5.74) is -0.175. The average Bonchev–Trinajstić information content (AvgIpc) is 2.48. The molecule has 0 aromatic heterocycles. The molecule has 19 heavy (non-hydrogen) atoms. The first kappa shape index (κ1) is 14.9. The van der Waals surface area contributed by atoms with Crippen LogP contribution in [0.4, 0.5) is 0 Å². The second-order valence-corrected chi connectivity index (χ2v) is 6.85. The zero-order valence-corrected chi connectivity index (χ0v) is 12.7. The molecule has 0 heterocycles. The van der Waals surface area contributed by atoms with Gasteiger partial charge in [0.15, 0.2) is 0 Å². The first-order valence-electron chi connectivity index (χ1n) is 8.13. The molecule has 0 aromatic rings. The van der Waals surface area contributed by atoms with Gasteiger partial charge < -0.3 is 4.74 Å². The third-order valence-electron chi connectivity index (χ3n) is 5.78. The van der Waals surface area contributed by atoms with Crippen molar-refractivity contribution in [3.63, 3.8) is 0 Å². The van der Waals surface area contributed by atoms with Crippen molar-refractivity contribution >= 4 is 0 Å². The monoisotopic (exact) mass is 263 g/mol. The minimum absolute atomic E-state index is 0.175. The van der Waals surface area contributed by atoms with E-state index in [-0.39, 0.29) is 5.41 Å². The molecule has 0 bridgehead atoms. The number of hydrogen-bond acceptors (Lipinski definition) is 2. The lowest BCUT2D eigenvalue weighted by Crippen LogP contribution is -2.33. The zero-order valence-electron chi connectivity index (χ0n) is 12.7. The van der Waals surface area contributed by atoms with Crippen LogP contribution in [-0.2, 0) is 4.74 Å². The maximum atomic E-state index is 9.41. The Morgan fingerprint density at radius 2 is 1.63 bits per heavy atom. The summed E-state index contributed by atoms with van der Waals surface area (Å²) in [6.45, 7) is 2.95. The molecule has 2 rings (SSSR count). The highest BCUT2D eigenvalue weighted by Gasteiger charge is 2.38. The van der Waals surface area contributed by atoms with Gasteiger partial charge >= 0.3 is 0 Å². The predicted molar refractivity (Wildman–Crippen MR) is 77.6 cm³/mol. The minimum atomic E-state index is -0.175. The first-order chi connectivity index (χ1) is 9.23. The summed E-state index contributed by atoms with van der Waals surface area (Å²) in [5.74, 6) is 2.82. The molecule has 2 aliphatic carbocycles. The molecule has 0 unspecified atom stereocenters. The summed E-state index contributed by atoms with van der Waals surface area (Å²) < 4.78 is 5.26. The number of nitriles is 1. The molecule has 0 N–H and O–H groups in total. The largest absolute Gasteiger partial charge is 0.383 e. The van der Waals surface area contributed by atoms with Crippen LogP contribution in [0.25, 0.3) is 0 Å². The van der Waals surface area contributed by atoms with Crippen LogP contribution in [0, 0.1) is 34.5 Å². The van der Waals surface area contributed by atoms with Gasteiger partial charge in [0.05, 0.1) is 18.1 Å². The van der Waals surface area contributed by atoms with Gasteiger partial charge in [0.1, 0.15) is 0 Å². The van der Waals surface area contributed by atoms with Gasteiger partial charge in [-0.25, -0.2) is 0 Å².